The number of Topliss-reactive ketones (excluding diaryl/α,β-unsaturated/α-hetero) is 1. The zero-order valence-corrected chi connectivity index (χ0v) is 32.6. The number of aromatic amines is 1. The smallest absolute Gasteiger partial charge is 0.326 e. The predicted molar refractivity (Wildman–Crippen MR) is 208 cm³/mol. The maximum absolute atomic E-state index is 12.8. The predicted octanol–water partition coefficient (Wildman–Crippen LogP) is 5.18. The van der Waals surface area contributed by atoms with E-state index in [0.717, 1.165) is 44.9 Å². The SMILES string of the molecule is CC(C)(C)P(C)(=O)OCCCCCCNC(=O)CCCCCCC(=O)CC[C@H](NC(=O)c1ccc(NCc2cnc3nc(N)[nH]c(=O)c3n2)cc1)C(=O)O. The van der Waals surface area contributed by atoms with E-state index < -0.39 is 30.8 Å². The third-order valence-corrected chi connectivity index (χ3v) is 12.1. The average Bonchev–Trinajstić information content (AvgIpc) is 3.11. The number of hydrogen-bond donors (Lipinski definition) is 6. The van der Waals surface area contributed by atoms with E-state index in [0.29, 0.717) is 43.8 Å². The quantitative estimate of drug-likeness (QED) is 0.0508. The Hall–Kier alpha value is -4.69. The van der Waals surface area contributed by atoms with Crippen molar-refractivity contribution in [1.82, 2.24) is 30.6 Å². The molecule has 2 amide bonds. The molecule has 2 atom stereocenters. The second-order valence-electron chi connectivity index (χ2n) is 14.4. The molecule has 0 aliphatic heterocycles. The molecule has 0 aliphatic rings. The molecule has 16 nitrogen and oxygen atoms in total. The summed E-state index contributed by atoms with van der Waals surface area (Å²) in [5.41, 5.74) is 6.60. The van der Waals surface area contributed by atoms with E-state index in [1.165, 1.54) is 18.3 Å². The van der Waals surface area contributed by atoms with Crippen LogP contribution in [0.1, 0.15) is 114 Å². The summed E-state index contributed by atoms with van der Waals surface area (Å²) in [5, 5.41) is 17.8. The molecule has 2 aromatic heterocycles. The summed E-state index contributed by atoms with van der Waals surface area (Å²) in [6, 6.07) is 5.15. The van der Waals surface area contributed by atoms with Gasteiger partial charge in [0, 0.05) is 48.9 Å². The van der Waals surface area contributed by atoms with Gasteiger partial charge < -0.3 is 31.3 Å². The molecule has 1 aromatic carbocycles. The van der Waals surface area contributed by atoms with Gasteiger partial charge in [-0.05, 0) is 56.4 Å². The first-order chi connectivity index (χ1) is 25.6. The Balaban J connectivity index is 1.25. The van der Waals surface area contributed by atoms with Crippen molar-refractivity contribution in [2.24, 2.45) is 0 Å². The van der Waals surface area contributed by atoms with Gasteiger partial charge in [0.25, 0.3) is 11.5 Å². The lowest BCUT2D eigenvalue weighted by Gasteiger charge is -2.27. The number of fused-ring (bicyclic) bond motifs is 1. The van der Waals surface area contributed by atoms with E-state index in [4.69, 9.17) is 10.3 Å². The number of anilines is 2. The van der Waals surface area contributed by atoms with Crippen LogP contribution in [0.3, 0.4) is 0 Å². The normalized spacial score (nSPS) is 13.2. The molecule has 54 heavy (non-hydrogen) atoms. The number of ketones is 1. The van der Waals surface area contributed by atoms with Crippen LogP contribution in [-0.4, -0.2) is 79.6 Å². The number of aliphatic carboxylic acids is 1. The first kappa shape index (κ1) is 43.7. The summed E-state index contributed by atoms with van der Waals surface area (Å²) in [7, 11) is -2.63. The van der Waals surface area contributed by atoms with Crippen molar-refractivity contribution < 1.29 is 33.4 Å². The van der Waals surface area contributed by atoms with Gasteiger partial charge in [0.2, 0.25) is 19.2 Å². The monoisotopic (exact) mass is 770 g/mol. The largest absolute Gasteiger partial charge is 0.480 e. The van der Waals surface area contributed by atoms with Crippen LogP contribution < -0.4 is 27.2 Å². The molecule has 0 radical (unpaired) electrons. The topological polar surface area (TPSA) is 248 Å². The molecule has 3 aromatic rings. The Bertz CT molecular complexity index is 1830. The number of nitrogen functional groups attached to an aromatic ring is 1. The number of rotatable bonds is 24. The van der Waals surface area contributed by atoms with E-state index in [1.54, 1.807) is 18.8 Å². The highest BCUT2D eigenvalue weighted by Gasteiger charge is 2.32. The van der Waals surface area contributed by atoms with Crippen LogP contribution in [0.2, 0.25) is 0 Å². The maximum atomic E-state index is 12.8. The highest BCUT2D eigenvalue weighted by molar-refractivity contribution is 7.59. The van der Waals surface area contributed by atoms with Gasteiger partial charge in [-0.2, -0.15) is 4.98 Å². The lowest BCUT2D eigenvalue weighted by atomic mass is 10.0. The Morgan fingerprint density at radius 3 is 2.30 bits per heavy atom. The van der Waals surface area contributed by atoms with Crippen LogP contribution in [0.5, 0.6) is 0 Å². The van der Waals surface area contributed by atoms with Crippen LogP contribution in [0.15, 0.2) is 35.3 Å². The standard InChI is InChI=1S/C37H55N8O8P/c1-37(2,3)54(4,52)53-22-12-8-7-11-21-39-30(47)14-10-6-5-9-13-28(46)19-20-29(35(50)51)43-33(48)25-15-17-26(18-16-25)40-23-27-24-41-32-31(42-27)34(49)45-36(38)44-32/h15-18,24,29,40H,5-14,19-23H2,1-4H3,(H,39,47)(H,43,48)(H,50,51)(H3,38,41,44,45,49)/t29-,54?/m0/s1. The number of nitrogens with two attached hydrogens (primary N) is 1. The molecule has 7 N–H and O–H groups in total. The van der Waals surface area contributed by atoms with Gasteiger partial charge in [0.05, 0.1) is 25.0 Å². The van der Waals surface area contributed by atoms with Crippen LogP contribution >= 0.6 is 7.37 Å². The molecular weight excluding hydrogens is 715 g/mol. The van der Waals surface area contributed by atoms with Crippen LogP contribution in [0, 0.1) is 0 Å². The van der Waals surface area contributed by atoms with Crippen molar-refractivity contribution in [3.8, 4) is 0 Å². The molecule has 1 unspecified atom stereocenters. The molecule has 17 heteroatoms. The Labute approximate surface area is 315 Å². The van der Waals surface area contributed by atoms with Crippen molar-refractivity contribution in [3.63, 3.8) is 0 Å². The highest BCUT2D eigenvalue weighted by Crippen LogP contribution is 2.55. The minimum Gasteiger partial charge on any atom is -0.480 e. The number of H-pyrrole nitrogens is 1. The molecular formula is C37H55N8O8P. The summed E-state index contributed by atoms with van der Waals surface area (Å²) in [6.07, 6.45) is 8.80. The molecule has 0 saturated carbocycles. The molecule has 0 saturated heterocycles. The molecule has 2 heterocycles. The molecule has 0 bridgehead atoms. The number of hydrogen-bond acceptors (Lipinski definition) is 12. The fraction of sp³-hybridized carbons (Fsp3) is 0.568. The Kier molecular flexibility index (Phi) is 17.2. The van der Waals surface area contributed by atoms with Gasteiger partial charge in [0.1, 0.15) is 11.8 Å². The molecule has 0 aliphatic carbocycles. The first-order valence-corrected chi connectivity index (χ1v) is 20.5. The fourth-order valence-corrected chi connectivity index (χ4v) is 6.07. The number of amides is 2. The van der Waals surface area contributed by atoms with Crippen LogP contribution in [0.25, 0.3) is 11.2 Å². The number of benzene rings is 1. The van der Waals surface area contributed by atoms with Gasteiger partial charge in [-0.1, -0.05) is 46.5 Å². The lowest BCUT2D eigenvalue weighted by molar-refractivity contribution is -0.139. The second kappa shape index (κ2) is 21.3. The molecule has 0 fully saturated rings. The summed E-state index contributed by atoms with van der Waals surface area (Å²) in [6.45, 7) is 8.78. The van der Waals surface area contributed by atoms with Gasteiger partial charge in [-0.15, -0.1) is 0 Å². The van der Waals surface area contributed by atoms with Crippen LogP contribution in [-0.2, 0) is 30.0 Å². The van der Waals surface area contributed by atoms with Crippen molar-refractivity contribution in [1.29, 1.82) is 0 Å². The minimum atomic E-state index is -2.63. The van der Waals surface area contributed by atoms with E-state index in [1.807, 2.05) is 20.8 Å². The Morgan fingerprint density at radius 2 is 1.61 bits per heavy atom. The highest BCUT2D eigenvalue weighted by atomic mass is 31.2. The van der Waals surface area contributed by atoms with Crippen molar-refractivity contribution >= 4 is 53.7 Å². The number of carbonyl (C=O) groups is 4. The minimum absolute atomic E-state index is 0.0119. The van der Waals surface area contributed by atoms with Gasteiger partial charge in [-0.25, -0.2) is 14.8 Å². The number of carboxylic acids is 1. The van der Waals surface area contributed by atoms with E-state index in [9.17, 15) is 33.6 Å². The average molecular weight is 771 g/mol. The zero-order chi connectivity index (χ0) is 39.7. The van der Waals surface area contributed by atoms with Gasteiger partial charge in [0.15, 0.2) is 11.2 Å². The number of nitrogens with one attached hydrogen (secondary N) is 4. The summed E-state index contributed by atoms with van der Waals surface area (Å²) in [5.74, 6) is -1.92. The van der Waals surface area contributed by atoms with Crippen molar-refractivity contribution in [2.75, 3.05) is 30.9 Å². The van der Waals surface area contributed by atoms with E-state index in [-0.39, 0.29) is 58.9 Å². The number of carboxylic acid groups (broad SMARTS) is 1. The number of nitrogens with zero attached hydrogens (tertiary/aromatic N) is 3. The molecule has 296 valence electrons. The lowest BCUT2D eigenvalue weighted by Crippen LogP contribution is -2.41. The first-order valence-electron chi connectivity index (χ1n) is 18.5. The fourth-order valence-electron chi connectivity index (χ4n) is 5.21. The summed E-state index contributed by atoms with van der Waals surface area (Å²) in [4.78, 5) is 76.0. The Morgan fingerprint density at radius 1 is 0.944 bits per heavy atom. The van der Waals surface area contributed by atoms with Gasteiger partial charge in [-0.3, -0.25) is 28.7 Å². The third-order valence-electron chi connectivity index (χ3n) is 8.98. The number of carbonyl (C=O) groups excluding carboxylic acids is 3. The van der Waals surface area contributed by atoms with E-state index >= 15 is 0 Å². The molecule has 3 rings (SSSR count). The zero-order valence-electron chi connectivity index (χ0n) is 31.7. The summed E-state index contributed by atoms with van der Waals surface area (Å²) < 4.78 is 18.1. The van der Waals surface area contributed by atoms with Gasteiger partial charge >= 0.3 is 5.97 Å². The second-order valence-corrected chi connectivity index (χ2v) is 17.7. The maximum Gasteiger partial charge on any atom is 0.326 e. The third kappa shape index (κ3) is 15.0. The molecule has 0 spiro atoms. The number of unbranched alkanes of at least 4 members (excludes halogenated alkanes) is 6. The van der Waals surface area contributed by atoms with Crippen molar-refractivity contribution in [3.05, 3.63) is 52.1 Å². The van der Waals surface area contributed by atoms with Crippen molar-refractivity contribution in [2.45, 2.75) is 116 Å². The van der Waals surface area contributed by atoms with E-state index in [2.05, 4.69) is 35.9 Å². The summed E-state index contributed by atoms with van der Waals surface area (Å²) >= 11 is 0. The van der Waals surface area contributed by atoms with Crippen LogP contribution in [0.4, 0.5) is 11.6 Å². The number of aromatic nitrogens is 4.